The molecule has 1 unspecified atom stereocenters. The molecule has 2 aromatic rings. The molecular weight excluding hydrogens is 244 g/mol. The lowest BCUT2D eigenvalue weighted by molar-refractivity contribution is 0.587. The lowest BCUT2D eigenvalue weighted by atomic mass is 9.88. The third-order valence-electron chi connectivity index (χ3n) is 3.65. The Morgan fingerprint density at radius 3 is 2.30 bits per heavy atom. The van der Waals surface area contributed by atoms with Gasteiger partial charge in [-0.05, 0) is 42.0 Å². The molecule has 1 N–H and O–H groups in total. The number of rotatable bonds is 3. The summed E-state index contributed by atoms with van der Waals surface area (Å²) in [7, 11) is 0. The molecule has 2 nitrogen and oxygen atoms in total. The number of hydrogen-bond acceptors (Lipinski definition) is 2. The van der Waals surface area contributed by atoms with Gasteiger partial charge in [0.2, 0.25) is 0 Å². The SMILES string of the molecule is Cc1ccccc1C(C)Nc1ccc(C(C)(C)C)cn1. The molecular formula is C18H24N2. The van der Waals surface area contributed by atoms with Gasteiger partial charge in [-0.1, -0.05) is 51.1 Å². The van der Waals surface area contributed by atoms with Gasteiger partial charge in [-0.15, -0.1) is 0 Å². The Hall–Kier alpha value is -1.83. The van der Waals surface area contributed by atoms with Gasteiger partial charge in [0, 0.05) is 6.20 Å². The van der Waals surface area contributed by atoms with Crippen molar-refractivity contribution in [2.45, 2.75) is 46.1 Å². The minimum atomic E-state index is 0.146. The van der Waals surface area contributed by atoms with Crippen molar-refractivity contribution in [3.63, 3.8) is 0 Å². The van der Waals surface area contributed by atoms with Crippen LogP contribution < -0.4 is 5.32 Å². The number of nitrogens with one attached hydrogen (secondary N) is 1. The summed E-state index contributed by atoms with van der Waals surface area (Å²) in [5.41, 5.74) is 4.02. The Kier molecular flexibility index (Phi) is 4.12. The molecule has 0 fully saturated rings. The van der Waals surface area contributed by atoms with Crippen LogP contribution >= 0.6 is 0 Å². The normalized spacial score (nSPS) is 13.1. The average molecular weight is 268 g/mol. The summed E-state index contributed by atoms with van der Waals surface area (Å²) in [5.74, 6) is 0.925. The second-order valence-corrected chi connectivity index (χ2v) is 6.40. The maximum absolute atomic E-state index is 4.53. The summed E-state index contributed by atoms with van der Waals surface area (Å²) in [4.78, 5) is 4.53. The van der Waals surface area contributed by atoms with Crippen LogP contribution in [-0.4, -0.2) is 4.98 Å². The van der Waals surface area contributed by atoms with Crippen LogP contribution in [0.15, 0.2) is 42.6 Å². The first kappa shape index (κ1) is 14.6. The lowest BCUT2D eigenvalue weighted by Crippen LogP contribution is -2.13. The highest BCUT2D eigenvalue weighted by Crippen LogP contribution is 2.24. The standard InChI is InChI=1S/C18H24N2/c1-13-8-6-7-9-16(13)14(2)20-17-11-10-15(12-19-17)18(3,4)5/h6-12,14H,1-5H3,(H,19,20). The van der Waals surface area contributed by atoms with Gasteiger partial charge >= 0.3 is 0 Å². The van der Waals surface area contributed by atoms with Crippen molar-refractivity contribution in [3.05, 3.63) is 59.3 Å². The number of aromatic nitrogens is 1. The van der Waals surface area contributed by atoms with Gasteiger partial charge < -0.3 is 5.32 Å². The van der Waals surface area contributed by atoms with E-state index in [4.69, 9.17) is 0 Å². The first-order chi connectivity index (χ1) is 9.38. The molecule has 20 heavy (non-hydrogen) atoms. The van der Waals surface area contributed by atoms with Crippen molar-refractivity contribution in [1.29, 1.82) is 0 Å². The zero-order valence-corrected chi connectivity index (χ0v) is 13.1. The van der Waals surface area contributed by atoms with Crippen molar-refractivity contribution in [1.82, 2.24) is 4.98 Å². The molecule has 2 rings (SSSR count). The van der Waals surface area contributed by atoms with Crippen molar-refractivity contribution in [2.24, 2.45) is 0 Å². The van der Waals surface area contributed by atoms with Gasteiger partial charge in [0.15, 0.2) is 0 Å². The Bertz CT molecular complexity index is 565. The van der Waals surface area contributed by atoms with Crippen molar-refractivity contribution in [3.8, 4) is 0 Å². The molecule has 0 saturated carbocycles. The van der Waals surface area contributed by atoms with E-state index < -0.39 is 0 Å². The highest BCUT2D eigenvalue weighted by Gasteiger charge is 2.14. The summed E-state index contributed by atoms with van der Waals surface area (Å²) >= 11 is 0. The number of pyridine rings is 1. The second kappa shape index (κ2) is 5.66. The van der Waals surface area contributed by atoms with E-state index in [0.29, 0.717) is 0 Å². The van der Waals surface area contributed by atoms with Crippen LogP contribution in [0.25, 0.3) is 0 Å². The fourth-order valence-electron chi connectivity index (χ4n) is 2.30. The Morgan fingerprint density at radius 2 is 1.75 bits per heavy atom. The first-order valence-electron chi connectivity index (χ1n) is 7.16. The molecule has 0 aliphatic heterocycles. The molecule has 1 heterocycles. The van der Waals surface area contributed by atoms with Gasteiger partial charge in [-0.2, -0.15) is 0 Å². The maximum Gasteiger partial charge on any atom is 0.126 e. The largest absolute Gasteiger partial charge is 0.364 e. The third kappa shape index (κ3) is 3.38. The van der Waals surface area contributed by atoms with Crippen LogP contribution in [0.2, 0.25) is 0 Å². The molecule has 1 aromatic carbocycles. The highest BCUT2D eigenvalue weighted by molar-refractivity contribution is 5.41. The fraction of sp³-hybridized carbons (Fsp3) is 0.389. The highest BCUT2D eigenvalue weighted by atomic mass is 15.0. The number of nitrogens with zero attached hydrogens (tertiary/aromatic N) is 1. The van der Waals surface area contributed by atoms with E-state index in [0.717, 1.165) is 5.82 Å². The summed E-state index contributed by atoms with van der Waals surface area (Å²) in [6.45, 7) is 10.9. The average Bonchev–Trinajstić information content (AvgIpc) is 2.38. The van der Waals surface area contributed by atoms with Gasteiger partial charge in [0.1, 0.15) is 5.82 Å². The van der Waals surface area contributed by atoms with Crippen LogP contribution in [0.4, 0.5) is 5.82 Å². The smallest absolute Gasteiger partial charge is 0.126 e. The lowest BCUT2D eigenvalue weighted by Gasteiger charge is -2.20. The van der Waals surface area contributed by atoms with E-state index in [1.807, 2.05) is 6.20 Å². The van der Waals surface area contributed by atoms with E-state index in [2.05, 4.69) is 81.3 Å². The van der Waals surface area contributed by atoms with Crippen LogP contribution in [0.3, 0.4) is 0 Å². The van der Waals surface area contributed by atoms with E-state index >= 15 is 0 Å². The zero-order valence-electron chi connectivity index (χ0n) is 13.1. The van der Waals surface area contributed by atoms with Gasteiger partial charge in [-0.25, -0.2) is 4.98 Å². The predicted molar refractivity (Wildman–Crippen MR) is 86.2 cm³/mol. The molecule has 0 bridgehead atoms. The Balaban J connectivity index is 2.13. The third-order valence-corrected chi connectivity index (χ3v) is 3.65. The van der Waals surface area contributed by atoms with Crippen LogP contribution in [0, 0.1) is 6.92 Å². The molecule has 106 valence electrons. The molecule has 0 radical (unpaired) electrons. The van der Waals surface area contributed by atoms with E-state index in [1.54, 1.807) is 0 Å². The molecule has 0 aliphatic carbocycles. The van der Waals surface area contributed by atoms with E-state index in [1.165, 1.54) is 16.7 Å². The first-order valence-corrected chi connectivity index (χ1v) is 7.16. The van der Waals surface area contributed by atoms with Crippen molar-refractivity contribution < 1.29 is 0 Å². The molecule has 1 atom stereocenters. The Morgan fingerprint density at radius 1 is 1.05 bits per heavy atom. The van der Waals surface area contributed by atoms with Gasteiger partial charge in [0.25, 0.3) is 0 Å². The number of hydrogen-bond donors (Lipinski definition) is 1. The minimum absolute atomic E-state index is 0.146. The molecule has 0 amide bonds. The summed E-state index contributed by atoms with van der Waals surface area (Å²) in [5, 5.41) is 3.47. The summed E-state index contributed by atoms with van der Waals surface area (Å²) in [6, 6.07) is 12.9. The van der Waals surface area contributed by atoms with Crippen molar-refractivity contribution >= 4 is 5.82 Å². The second-order valence-electron chi connectivity index (χ2n) is 6.40. The molecule has 0 saturated heterocycles. The maximum atomic E-state index is 4.53. The number of anilines is 1. The monoisotopic (exact) mass is 268 g/mol. The van der Waals surface area contributed by atoms with Crippen molar-refractivity contribution in [2.75, 3.05) is 5.32 Å². The number of benzene rings is 1. The van der Waals surface area contributed by atoms with Gasteiger partial charge in [-0.3, -0.25) is 0 Å². The van der Waals surface area contributed by atoms with Gasteiger partial charge in [0.05, 0.1) is 6.04 Å². The minimum Gasteiger partial charge on any atom is -0.364 e. The van der Waals surface area contributed by atoms with Crippen LogP contribution in [-0.2, 0) is 5.41 Å². The number of aryl methyl sites for hydroxylation is 1. The molecule has 2 heteroatoms. The zero-order chi connectivity index (χ0) is 14.8. The quantitative estimate of drug-likeness (QED) is 0.859. The van der Waals surface area contributed by atoms with E-state index in [9.17, 15) is 0 Å². The fourth-order valence-corrected chi connectivity index (χ4v) is 2.30. The topological polar surface area (TPSA) is 24.9 Å². The summed E-state index contributed by atoms with van der Waals surface area (Å²) in [6.07, 6.45) is 1.97. The summed E-state index contributed by atoms with van der Waals surface area (Å²) < 4.78 is 0. The van der Waals surface area contributed by atoms with Crippen LogP contribution in [0.1, 0.15) is 50.4 Å². The molecule has 0 spiro atoms. The predicted octanol–water partition coefficient (Wildman–Crippen LogP) is 4.86. The van der Waals surface area contributed by atoms with Crippen LogP contribution in [0.5, 0.6) is 0 Å². The molecule has 1 aromatic heterocycles. The van der Waals surface area contributed by atoms with E-state index in [-0.39, 0.29) is 11.5 Å². The Labute approximate surface area is 122 Å². The molecule has 0 aliphatic rings.